The maximum atomic E-state index is 12.4. The Morgan fingerprint density at radius 3 is 2.42 bits per heavy atom. The summed E-state index contributed by atoms with van der Waals surface area (Å²) in [6.45, 7) is 2.10. The molecule has 1 aliphatic heterocycles. The number of rotatable bonds is 6. The second-order valence-corrected chi connectivity index (χ2v) is 8.51. The molecular formula is C19H20ClNO4S. The molecule has 1 atom stereocenters. The molecule has 0 bridgehead atoms. The maximum Gasteiger partial charge on any atom is 0.297 e. The first kappa shape index (κ1) is 18.9. The number of aliphatic hydroxyl groups is 1. The van der Waals surface area contributed by atoms with E-state index in [0.29, 0.717) is 17.1 Å². The first-order valence-corrected chi connectivity index (χ1v) is 9.93. The van der Waals surface area contributed by atoms with Crippen LogP contribution < -0.4 is 5.32 Å². The third-order valence-corrected chi connectivity index (χ3v) is 6.09. The molecule has 2 aromatic carbocycles. The highest BCUT2D eigenvalue weighted by molar-refractivity contribution is 7.86. The topological polar surface area (TPSA) is 75.6 Å². The number of nitrogens with one attached hydrogen (secondary N) is 1. The Kier molecular flexibility index (Phi) is 5.39. The average Bonchev–Trinajstić information content (AvgIpc) is 2.99. The number of halogens is 1. The van der Waals surface area contributed by atoms with Crippen molar-refractivity contribution in [3.8, 4) is 0 Å². The fourth-order valence-electron chi connectivity index (χ4n) is 2.88. The average molecular weight is 394 g/mol. The number of hydrogen-bond acceptors (Lipinski definition) is 5. The predicted molar refractivity (Wildman–Crippen MR) is 101 cm³/mol. The molecule has 2 N–H and O–H groups in total. The monoisotopic (exact) mass is 393 g/mol. The van der Waals surface area contributed by atoms with E-state index in [0.717, 1.165) is 11.3 Å². The smallest absolute Gasteiger partial charge is 0.297 e. The molecule has 1 aliphatic rings. The van der Waals surface area contributed by atoms with Crippen LogP contribution in [0.5, 0.6) is 0 Å². The van der Waals surface area contributed by atoms with Crippen molar-refractivity contribution >= 4 is 27.4 Å². The lowest BCUT2D eigenvalue weighted by Gasteiger charge is -2.24. The van der Waals surface area contributed by atoms with Crippen LogP contribution in [0.15, 0.2) is 65.1 Å². The van der Waals surface area contributed by atoms with E-state index in [1.807, 2.05) is 19.1 Å². The summed E-state index contributed by atoms with van der Waals surface area (Å²) in [6, 6.07) is 15.2. The minimum atomic E-state index is -3.88. The Hall–Kier alpha value is -1.86. The summed E-state index contributed by atoms with van der Waals surface area (Å²) >= 11 is 5.95. The molecule has 0 saturated heterocycles. The highest BCUT2D eigenvalue weighted by Crippen LogP contribution is 2.38. The van der Waals surface area contributed by atoms with Crippen LogP contribution in [0, 0.1) is 5.41 Å². The van der Waals surface area contributed by atoms with Crippen molar-refractivity contribution in [1.82, 2.24) is 5.32 Å². The maximum absolute atomic E-state index is 12.4. The van der Waals surface area contributed by atoms with Crippen LogP contribution in [0.1, 0.15) is 12.5 Å². The van der Waals surface area contributed by atoms with Gasteiger partial charge in [0.15, 0.2) is 0 Å². The molecule has 0 fully saturated rings. The summed E-state index contributed by atoms with van der Waals surface area (Å²) in [5.74, 6) is 0. The van der Waals surface area contributed by atoms with E-state index in [9.17, 15) is 13.5 Å². The lowest BCUT2D eigenvalue weighted by molar-refractivity contribution is 0.172. The summed E-state index contributed by atoms with van der Waals surface area (Å²) in [5, 5.41) is 13.7. The van der Waals surface area contributed by atoms with Crippen LogP contribution in [0.4, 0.5) is 0 Å². The van der Waals surface area contributed by atoms with Crippen LogP contribution in [-0.4, -0.2) is 33.3 Å². The van der Waals surface area contributed by atoms with E-state index in [-0.39, 0.29) is 18.1 Å². The summed E-state index contributed by atoms with van der Waals surface area (Å²) in [5.41, 5.74) is 1.73. The normalized spacial score (nSPS) is 20.3. The highest BCUT2D eigenvalue weighted by Gasteiger charge is 2.37. The lowest BCUT2D eigenvalue weighted by atomic mass is 9.84. The van der Waals surface area contributed by atoms with Gasteiger partial charge in [-0.2, -0.15) is 8.42 Å². The van der Waals surface area contributed by atoms with Crippen molar-refractivity contribution in [3.05, 3.63) is 70.8 Å². The molecule has 1 heterocycles. The zero-order valence-electron chi connectivity index (χ0n) is 14.3. The Labute approximate surface area is 158 Å². The predicted octanol–water partition coefficient (Wildman–Crippen LogP) is 3.06. The first-order chi connectivity index (χ1) is 12.4. The van der Waals surface area contributed by atoms with Gasteiger partial charge in [-0.3, -0.25) is 4.18 Å². The van der Waals surface area contributed by atoms with Crippen molar-refractivity contribution in [2.45, 2.75) is 11.8 Å². The summed E-state index contributed by atoms with van der Waals surface area (Å²) < 4.78 is 30.2. The molecule has 26 heavy (non-hydrogen) atoms. The van der Waals surface area contributed by atoms with Crippen molar-refractivity contribution in [2.24, 2.45) is 5.41 Å². The molecule has 5 nitrogen and oxygen atoms in total. The Balaban J connectivity index is 1.92. The van der Waals surface area contributed by atoms with E-state index in [2.05, 4.69) is 5.32 Å². The molecule has 0 amide bonds. The van der Waals surface area contributed by atoms with Crippen molar-refractivity contribution in [1.29, 1.82) is 0 Å². The number of hydrogen-bond donors (Lipinski definition) is 2. The zero-order chi connectivity index (χ0) is 18.8. The molecule has 138 valence electrons. The van der Waals surface area contributed by atoms with E-state index >= 15 is 0 Å². The van der Waals surface area contributed by atoms with Gasteiger partial charge >= 0.3 is 0 Å². The molecule has 2 aromatic rings. The molecule has 0 aliphatic carbocycles. The SMILES string of the molecule is CC1(CO)CNC(c2ccc(Cl)cc2)=C1COS(=O)(=O)c1ccccc1. The van der Waals surface area contributed by atoms with Gasteiger partial charge in [-0.15, -0.1) is 0 Å². The molecular weight excluding hydrogens is 374 g/mol. The highest BCUT2D eigenvalue weighted by atomic mass is 35.5. The minimum Gasteiger partial charge on any atom is -0.395 e. The molecule has 0 aromatic heterocycles. The quantitative estimate of drug-likeness (QED) is 0.738. The number of aliphatic hydroxyl groups excluding tert-OH is 1. The van der Waals surface area contributed by atoms with Gasteiger partial charge in [0.25, 0.3) is 10.1 Å². The van der Waals surface area contributed by atoms with Gasteiger partial charge in [0.1, 0.15) is 0 Å². The molecule has 0 radical (unpaired) electrons. The van der Waals surface area contributed by atoms with Crippen LogP contribution in [0.3, 0.4) is 0 Å². The van der Waals surface area contributed by atoms with Gasteiger partial charge in [0, 0.05) is 22.7 Å². The van der Waals surface area contributed by atoms with Crippen LogP contribution in [0.25, 0.3) is 5.70 Å². The van der Waals surface area contributed by atoms with E-state index in [1.165, 1.54) is 12.1 Å². The molecule has 1 unspecified atom stereocenters. The Bertz CT molecular complexity index is 910. The van der Waals surface area contributed by atoms with Gasteiger partial charge in [0.2, 0.25) is 0 Å². The van der Waals surface area contributed by atoms with Gasteiger partial charge in [-0.25, -0.2) is 0 Å². The van der Waals surface area contributed by atoms with E-state index < -0.39 is 15.5 Å². The minimum absolute atomic E-state index is 0.102. The molecule has 0 spiro atoms. The van der Waals surface area contributed by atoms with Gasteiger partial charge in [-0.05, 0) is 35.4 Å². The van der Waals surface area contributed by atoms with Gasteiger partial charge in [0.05, 0.1) is 18.1 Å². The van der Waals surface area contributed by atoms with E-state index in [4.69, 9.17) is 15.8 Å². The summed E-state index contributed by atoms with van der Waals surface area (Å²) in [6.07, 6.45) is 0. The second-order valence-electron chi connectivity index (χ2n) is 6.46. The zero-order valence-corrected chi connectivity index (χ0v) is 15.8. The van der Waals surface area contributed by atoms with Crippen molar-refractivity contribution in [2.75, 3.05) is 19.8 Å². The van der Waals surface area contributed by atoms with Crippen LogP contribution in [0.2, 0.25) is 5.02 Å². The Morgan fingerprint density at radius 2 is 1.81 bits per heavy atom. The third-order valence-electron chi connectivity index (χ3n) is 4.56. The first-order valence-electron chi connectivity index (χ1n) is 8.14. The standard InChI is InChI=1S/C19H20ClNO4S/c1-19(13-22)12-21-18(14-7-9-15(20)10-8-14)17(19)11-25-26(23,24)16-5-3-2-4-6-16/h2-10,21-22H,11-13H2,1H3. The Morgan fingerprint density at radius 1 is 1.15 bits per heavy atom. The molecule has 7 heteroatoms. The second kappa shape index (κ2) is 7.40. The summed E-state index contributed by atoms with van der Waals surface area (Å²) in [4.78, 5) is 0.102. The molecule has 0 saturated carbocycles. The lowest BCUT2D eigenvalue weighted by Crippen LogP contribution is -2.30. The van der Waals surface area contributed by atoms with Crippen LogP contribution in [-0.2, 0) is 14.3 Å². The molecule has 3 rings (SSSR count). The van der Waals surface area contributed by atoms with Crippen molar-refractivity contribution in [3.63, 3.8) is 0 Å². The third kappa shape index (κ3) is 3.78. The largest absolute Gasteiger partial charge is 0.395 e. The summed E-state index contributed by atoms with van der Waals surface area (Å²) in [7, 11) is -3.88. The number of benzene rings is 2. The van der Waals surface area contributed by atoms with Crippen molar-refractivity contribution < 1.29 is 17.7 Å². The van der Waals surface area contributed by atoms with E-state index in [1.54, 1.807) is 30.3 Å². The van der Waals surface area contributed by atoms with Gasteiger partial charge in [-0.1, -0.05) is 48.9 Å². The van der Waals surface area contributed by atoms with Crippen LogP contribution >= 0.6 is 11.6 Å². The van der Waals surface area contributed by atoms with Gasteiger partial charge < -0.3 is 10.4 Å². The fourth-order valence-corrected chi connectivity index (χ4v) is 3.91. The fraction of sp³-hybridized carbons (Fsp3) is 0.263.